The highest BCUT2D eigenvalue weighted by Crippen LogP contribution is 2.33. The lowest BCUT2D eigenvalue weighted by Crippen LogP contribution is -2.26. The molecule has 6 nitrogen and oxygen atoms in total. The van der Waals surface area contributed by atoms with E-state index in [0.717, 1.165) is 13.2 Å². The number of ether oxygens (including phenoxy) is 1. The molecule has 1 atom stereocenters. The molecule has 0 N–H and O–H groups in total. The van der Waals surface area contributed by atoms with Gasteiger partial charge in [0.1, 0.15) is 4.64 Å². The van der Waals surface area contributed by atoms with Gasteiger partial charge >= 0.3 is 5.69 Å². The second-order valence-corrected chi connectivity index (χ2v) is 4.61. The van der Waals surface area contributed by atoms with Gasteiger partial charge in [0.05, 0.1) is 17.6 Å². The Hall–Kier alpha value is -1.47. The van der Waals surface area contributed by atoms with E-state index in [1.54, 1.807) is 6.07 Å². The Kier molecular flexibility index (Phi) is 2.37. The lowest BCUT2D eigenvalue weighted by molar-refractivity contribution is -0.384. The first-order chi connectivity index (χ1) is 8.16. The molecule has 1 unspecified atom stereocenters. The van der Waals surface area contributed by atoms with Crippen LogP contribution in [0.25, 0.3) is 0 Å². The van der Waals surface area contributed by atoms with Crippen LogP contribution in [0.1, 0.15) is 0 Å². The number of anilines is 1. The fourth-order valence-electron chi connectivity index (χ4n) is 2.17. The highest BCUT2D eigenvalue weighted by molar-refractivity contribution is 7.71. The second-order valence-electron chi connectivity index (χ2n) is 4.19. The van der Waals surface area contributed by atoms with Crippen molar-refractivity contribution in [2.24, 2.45) is 0 Å². The van der Waals surface area contributed by atoms with Crippen molar-refractivity contribution in [3.05, 3.63) is 26.9 Å². The molecule has 1 saturated heterocycles. The summed E-state index contributed by atoms with van der Waals surface area (Å²) in [5.41, 5.74) is 0.122. The molecule has 2 aliphatic rings. The van der Waals surface area contributed by atoms with Crippen LogP contribution < -0.4 is 4.90 Å². The summed E-state index contributed by atoms with van der Waals surface area (Å²) < 4.78 is 7.64. The zero-order valence-electron chi connectivity index (χ0n) is 9.04. The van der Waals surface area contributed by atoms with Crippen LogP contribution in [0.5, 0.6) is 0 Å². The van der Waals surface area contributed by atoms with Gasteiger partial charge in [0, 0.05) is 25.7 Å². The summed E-state index contributed by atoms with van der Waals surface area (Å²) in [6, 6.07) is 3.11. The largest absolute Gasteiger partial charge is 0.371 e. The zero-order valence-corrected chi connectivity index (χ0v) is 9.85. The molecule has 1 aromatic heterocycles. The second kappa shape index (κ2) is 3.78. The Labute approximate surface area is 103 Å². The third kappa shape index (κ3) is 1.81. The molecule has 7 heteroatoms. The van der Waals surface area contributed by atoms with E-state index in [4.69, 9.17) is 17.0 Å². The van der Waals surface area contributed by atoms with Gasteiger partial charge in [0.15, 0.2) is 5.82 Å². The van der Waals surface area contributed by atoms with E-state index < -0.39 is 0 Å². The summed E-state index contributed by atoms with van der Waals surface area (Å²) in [5, 5.41) is 11.0. The predicted octanol–water partition coefficient (Wildman–Crippen LogP) is 1.34. The molecule has 3 rings (SSSR count). The van der Waals surface area contributed by atoms with Crippen molar-refractivity contribution in [3.8, 4) is 0 Å². The first-order valence-corrected chi connectivity index (χ1v) is 5.82. The van der Waals surface area contributed by atoms with Gasteiger partial charge in [-0.15, -0.1) is 0 Å². The summed E-state index contributed by atoms with van der Waals surface area (Å²) in [7, 11) is 0. The lowest BCUT2D eigenvalue weighted by Gasteiger charge is -2.16. The molecule has 0 aromatic carbocycles. The maximum Gasteiger partial charge on any atom is 0.309 e. The standard InChI is InChI=1S/C10H11N3O3S/c14-13(15)8-1-2-9(17)12-4-3-11(10(8)12)5-7-6-16-7/h1-2,7H,3-6H2. The number of aromatic nitrogens is 1. The quantitative estimate of drug-likeness (QED) is 0.352. The molecular weight excluding hydrogens is 242 g/mol. The smallest absolute Gasteiger partial charge is 0.309 e. The fraction of sp³-hybridized carbons (Fsp3) is 0.500. The van der Waals surface area contributed by atoms with Gasteiger partial charge in [-0.05, 0) is 6.07 Å². The van der Waals surface area contributed by atoms with Gasteiger partial charge in [-0.2, -0.15) is 0 Å². The van der Waals surface area contributed by atoms with Crippen LogP contribution in [0.3, 0.4) is 0 Å². The highest BCUT2D eigenvalue weighted by Gasteiger charge is 2.33. The number of nitro groups is 1. The van der Waals surface area contributed by atoms with Crippen molar-refractivity contribution >= 4 is 23.7 Å². The van der Waals surface area contributed by atoms with Crippen molar-refractivity contribution in [1.82, 2.24) is 4.57 Å². The molecular formula is C10H11N3O3S. The Balaban J connectivity index is 2.06. The zero-order chi connectivity index (χ0) is 12.0. The normalized spacial score (nSPS) is 21.4. The third-order valence-corrected chi connectivity index (χ3v) is 3.41. The van der Waals surface area contributed by atoms with Crippen molar-refractivity contribution < 1.29 is 9.66 Å². The third-order valence-electron chi connectivity index (χ3n) is 3.05. The molecule has 1 fully saturated rings. The monoisotopic (exact) mass is 253 g/mol. The van der Waals surface area contributed by atoms with Crippen LogP contribution in [-0.4, -0.2) is 35.3 Å². The molecule has 0 saturated carbocycles. The summed E-state index contributed by atoms with van der Waals surface area (Å²) in [4.78, 5) is 12.7. The molecule has 90 valence electrons. The molecule has 0 bridgehead atoms. The van der Waals surface area contributed by atoms with Crippen LogP contribution >= 0.6 is 12.2 Å². The fourth-order valence-corrected chi connectivity index (χ4v) is 2.42. The molecule has 2 aliphatic heterocycles. The Morgan fingerprint density at radius 1 is 1.53 bits per heavy atom. The molecule has 1 aromatic rings. The van der Waals surface area contributed by atoms with Gasteiger partial charge in [-0.3, -0.25) is 10.1 Å². The summed E-state index contributed by atoms with van der Waals surface area (Å²) in [6.45, 7) is 2.93. The number of nitrogens with zero attached hydrogens (tertiary/aromatic N) is 3. The number of hydrogen-bond acceptors (Lipinski definition) is 5. The minimum absolute atomic E-state index is 0.122. The van der Waals surface area contributed by atoms with Gasteiger partial charge in [0.25, 0.3) is 0 Å². The van der Waals surface area contributed by atoms with Crippen molar-refractivity contribution in [2.45, 2.75) is 12.6 Å². The number of hydrogen-bond donors (Lipinski definition) is 0. The Morgan fingerprint density at radius 3 is 2.94 bits per heavy atom. The number of rotatable bonds is 3. The van der Waals surface area contributed by atoms with E-state index in [-0.39, 0.29) is 16.7 Å². The lowest BCUT2D eigenvalue weighted by atomic mass is 10.3. The molecule has 0 radical (unpaired) electrons. The maximum absolute atomic E-state index is 11.0. The molecule has 0 aliphatic carbocycles. The van der Waals surface area contributed by atoms with E-state index in [1.807, 2.05) is 9.47 Å². The summed E-state index contributed by atoms with van der Waals surface area (Å²) in [6.07, 6.45) is 0.218. The van der Waals surface area contributed by atoms with Crippen molar-refractivity contribution in [3.63, 3.8) is 0 Å². The number of fused-ring (bicyclic) bond motifs is 1. The summed E-state index contributed by atoms with van der Waals surface area (Å²) in [5.74, 6) is 0.623. The first-order valence-electron chi connectivity index (χ1n) is 5.41. The van der Waals surface area contributed by atoms with Gasteiger partial charge < -0.3 is 14.2 Å². The van der Waals surface area contributed by atoms with Gasteiger partial charge in [0.2, 0.25) is 0 Å². The van der Waals surface area contributed by atoms with E-state index in [1.165, 1.54) is 6.07 Å². The average molecular weight is 253 g/mol. The van der Waals surface area contributed by atoms with Gasteiger partial charge in [-0.1, -0.05) is 12.2 Å². The molecule has 0 spiro atoms. The van der Waals surface area contributed by atoms with Crippen LogP contribution in [0.15, 0.2) is 12.1 Å². The van der Waals surface area contributed by atoms with Crippen molar-refractivity contribution in [1.29, 1.82) is 0 Å². The van der Waals surface area contributed by atoms with E-state index in [2.05, 4.69) is 0 Å². The molecule has 17 heavy (non-hydrogen) atoms. The van der Waals surface area contributed by atoms with Crippen molar-refractivity contribution in [2.75, 3.05) is 24.6 Å². The number of pyridine rings is 1. The topological polar surface area (TPSA) is 63.8 Å². The molecule has 0 amide bonds. The summed E-state index contributed by atoms with van der Waals surface area (Å²) >= 11 is 5.19. The van der Waals surface area contributed by atoms with E-state index >= 15 is 0 Å². The Bertz CT molecular complexity index is 538. The van der Waals surface area contributed by atoms with Crippen LogP contribution in [0.4, 0.5) is 11.5 Å². The van der Waals surface area contributed by atoms with Gasteiger partial charge in [-0.25, -0.2) is 0 Å². The first kappa shape index (κ1) is 10.7. The Morgan fingerprint density at radius 2 is 2.29 bits per heavy atom. The molecule has 3 heterocycles. The number of epoxide rings is 1. The average Bonchev–Trinajstić information content (AvgIpc) is 2.99. The van der Waals surface area contributed by atoms with Crippen LogP contribution in [0, 0.1) is 14.8 Å². The highest BCUT2D eigenvalue weighted by atomic mass is 32.1. The van der Waals surface area contributed by atoms with Crippen LogP contribution in [-0.2, 0) is 11.3 Å². The predicted molar refractivity (Wildman–Crippen MR) is 63.9 cm³/mol. The SMILES string of the molecule is O=[N+]([O-])c1ccc(=S)n2c1N(CC1CO1)CC2. The minimum atomic E-state index is -0.354. The minimum Gasteiger partial charge on any atom is -0.371 e. The maximum atomic E-state index is 11.0. The van der Waals surface area contributed by atoms with E-state index in [0.29, 0.717) is 23.5 Å². The van der Waals surface area contributed by atoms with E-state index in [9.17, 15) is 10.1 Å². The van der Waals surface area contributed by atoms with Crippen LogP contribution in [0.2, 0.25) is 0 Å².